The van der Waals surface area contributed by atoms with Crippen LogP contribution in [0.2, 0.25) is 0 Å². The molecule has 2 heteroatoms. The molecule has 1 radical (unpaired) electrons. The van der Waals surface area contributed by atoms with Gasteiger partial charge in [-0.1, -0.05) is 0 Å². The van der Waals surface area contributed by atoms with Crippen LogP contribution in [0, 0.1) is 6.07 Å². The first-order chi connectivity index (χ1) is 4.47. The number of pyridine rings is 1. The third kappa shape index (κ3) is 0.715. The first-order valence-electron chi connectivity index (χ1n) is 3.02. The zero-order chi connectivity index (χ0) is 6.10. The number of aromatic nitrogens is 1. The van der Waals surface area contributed by atoms with Crippen LogP contribution in [-0.4, -0.2) is 4.98 Å². The lowest BCUT2D eigenvalue weighted by Crippen LogP contribution is -2.00. The molecule has 0 aliphatic carbocycles. The largest absolute Gasteiger partial charge is 0.307 e. The zero-order valence-corrected chi connectivity index (χ0v) is 5.02. The third-order valence-electron chi connectivity index (χ3n) is 1.51. The minimum Gasteiger partial charge on any atom is -0.307 e. The molecule has 1 aliphatic rings. The summed E-state index contributed by atoms with van der Waals surface area (Å²) in [5, 5.41) is 3.19. The van der Waals surface area contributed by atoms with E-state index in [2.05, 4.69) is 16.4 Å². The molecule has 0 unspecified atom stereocenters. The van der Waals surface area contributed by atoms with E-state index in [0.29, 0.717) is 0 Å². The van der Waals surface area contributed by atoms with Gasteiger partial charge in [0, 0.05) is 19.3 Å². The molecule has 0 bridgehead atoms. The fraction of sp³-hybridized carbons (Fsp3) is 0.286. The summed E-state index contributed by atoms with van der Waals surface area (Å²) < 4.78 is 0. The molecule has 0 saturated heterocycles. The van der Waals surface area contributed by atoms with Crippen molar-refractivity contribution in [2.24, 2.45) is 0 Å². The highest BCUT2D eigenvalue weighted by Gasteiger charge is 2.08. The van der Waals surface area contributed by atoms with Crippen molar-refractivity contribution < 1.29 is 0 Å². The van der Waals surface area contributed by atoms with Crippen molar-refractivity contribution in [2.45, 2.75) is 13.1 Å². The number of hydrogen-bond acceptors (Lipinski definition) is 2. The van der Waals surface area contributed by atoms with E-state index in [1.54, 1.807) is 6.20 Å². The normalized spacial score (nSPS) is 15.6. The number of fused-ring (bicyclic) bond motifs is 1. The van der Waals surface area contributed by atoms with Crippen molar-refractivity contribution in [2.75, 3.05) is 0 Å². The van der Waals surface area contributed by atoms with E-state index in [0.717, 1.165) is 18.8 Å². The van der Waals surface area contributed by atoms with Gasteiger partial charge in [-0.05, 0) is 17.7 Å². The Labute approximate surface area is 53.9 Å². The highest BCUT2D eigenvalue weighted by atomic mass is 14.9. The Balaban J connectivity index is 2.54. The standard InChI is InChI=1S/C7H7N2/c1-2-6-4-8-5-7(6)9-3-1/h1,3,8H,4-5H2. The average molecular weight is 119 g/mol. The Hall–Kier alpha value is -0.890. The maximum absolute atomic E-state index is 4.17. The van der Waals surface area contributed by atoms with Crippen LogP contribution >= 0.6 is 0 Å². The summed E-state index contributed by atoms with van der Waals surface area (Å²) >= 11 is 0. The summed E-state index contributed by atoms with van der Waals surface area (Å²) in [4.78, 5) is 4.17. The second-order valence-electron chi connectivity index (χ2n) is 2.12. The Morgan fingerprint density at radius 3 is 3.44 bits per heavy atom. The molecule has 1 aromatic rings. The van der Waals surface area contributed by atoms with Crippen molar-refractivity contribution in [3.8, 4) is 0 Å². The van der Waals surface area contributed by atoms with Crippen LogP contribution in [0.5, 0.6) is 0 Å². The van der Waals surface area contributed by atoms with E-state index >= 15 is 0 Å². The Kier molecular flexibility index (Phi) is 0.993. The fourth-order valence-electron chi connectivity index (χ4n) is 1.04. The summed E-state index contributed by atoms with van der Waals surface area (Å²) in [6.45, 7) is 1.84. The van der Waals surface area contributed by atoms with Gasteiger partial charge in [-0.25, -0.2) is 0 Å². The molecular formula is C7H7N2. The molecule has 0 saturated carbocycles. The quantitative estimate of drug-likeness (QED) is 0.537. The monoisotopic (exact) mass is 119 g/mol. The molecule has 0 atom stereocenters. The number of nitrogens with one attached hydrogen (secondary N) is 1. The van der Waals surface area contributed by atoms with Gasteiger partial charge in [-0.3, -0.25) is 4.98 Å². The van der Waals surface area contributed by atoms with Gasteiger partial charge in [0.2, 0.25) is 0 Å². The molecule has 1 aliphatic heterocycles. The molecule has 0 spiro atoms. The molecule has 0 fully saturated rings. The average Bonchev–Trinajstić information content (AvgIpc) is 2.33. The van der Waals surface area contributed by atoms with Crippen LogP contribution in [0.25, 0.3) is 0 Å². The molecule has 1 aromatic heterocycles. The Morgan fingerprint density at radius 2 is 2.56 bits per heavy atom. The van der Waals surface area contributed by atoms with Crippen LogP contribution in [0.15, 0.2) is 12.3 Å². The number of rotatable bonds is 0. The molecule has 1 N–H and O–H groups in total. The highest BCUT2D eigenvalue weighted by Crippen LogP contribution is 2.09. The topological polar surface area (TPSA) is 24.9 Å². The van der Waals surface area contributed by atoms with Crippen molar-refractivity contribution in [1.29, 1.82) is 0 Å². The van der Waals surface area contributed by atoms with Gasteiger partial charge in [0.1, 0.15) is 0 Å². The summed E-state index contributed by atoms with van der Waals surface area (Å²) in [6, 6.07) is 4.98. The van der Waals surface area contributed by atoms with Gasteiger partial charge in [-0.15, -0.1) is 0 Å². The molecule has 2 heterocycles. The first kappa shape index (κ1) is 4.94. The number of hydrogen-bond donors (Lipinski definition) is 1. The van der Waals surface area contributed by atoms with Crippen LogP contribution in [-0.2, 0) is 13.1 Å². The molecule has 0 amide bonds. The molecule has 0 aromatic carbocycles. The minimum atomic E-state index is 0.909. The fourth-order valence-corrected chi connectivity index (χ4v) is 1.04. The first-order valence-corrected chi connectivity index (χ1v) is 3.02. The van der Waals surface area contributed by atoms with Crippen LogP contribution in [0.3, 0.4) is 0 Å². The van der Waals surface area contributed by atoms with Crippen LogP contribution in [0.4, 0.5) is 0 Å². The molecule has 2 nitrogen and oxygen atoms in total. The number of nitrogens with zero attached hydrogens (tertiary/aromatic N) is 1. The zero-order valence-electron chi connectivity index (χ0n) is 5.02. The second-order valence-corrected chi connectivity index (χ2v) is 2.12. The predicted octanol–water partition coefficient (Wildman–Crippen LogP) is 0.485. The van der Waals surface area contributed by atoms with E-state index in [1.165, 1.54) is 5.56 Å². The minimum absolute atomic E-state index is 0.909. The van der Waals surface area contributed by atoms with E-state index in [1.807, 2.05) is 6.07 Å². The predicted molar refractivity (Wildman–Crippen MR) is 33.6 cm³/mol. The van der Waals surface area contributed by atoms with Crippen molar-refractivity contribution >= 4 is 0 Å². The molecule has 2 rings (SSSR count). The van der Waals surface area contributed by atoms with Gasteiger partial charge in [0.15, 0.2) is 0 Å². The maximum atomic E-state index is 4.17. The Morgan fingerprint density at radius 1 is 1.56 bits per heavy atom. The highest BCUT2D eigenvalue weighted by molar-refractivity contribution is 5.21. The van der Waals surface area contributed by atoms with Crippen LogP contribution < -0.4 is 5.32 Å². The second kappa shape index (κ2) is 1.81. The lowest BCUT2D eigenvalue weighted by Gasteiger charge is -1.90. The summed E-state index contributed by atoms with van der Waals surface area (Å²) in [5.74, 6) is 0. The van der Waals surface area contributed by atoms with Crippen molar-refractivity contribution in [3.05, 3.63) is 29.6 Å². The van der Waals surface area contributed by atoms with Gasteiger partial charge >= 0.3 is 0 Å². The van der Waals surface area contributed by atoms with Crippen molar-refractivity contribution in [1.82, 2.24) is 10.3 Å². The van der Waals surface area contributed by atoms with E-state index in [-0.39, 0.29) is 0 Å². The molecular weight excluding hydrogens is 112 g/mol. The van der Waals surface area contributed by atoms with Gasteiger partial charge in [-0.2, -0.15) is 0 Å². The maximum Gasteiger partial charge on any atom is 0.0592 e. The van der Waals surface area contributed by atoms with E-state index < -0.39 is 0 Å². The van der Waals surface area contributed by atoms with E-state index in [4.69, 9.17) is 0 Å². The summed E-state index contributed by atoms with van der Waals surface area (Å²) in [7, 11) is 0. The van der Waals surface area contributed by atoms with Gasteiger partial charge in [0.25, 0.3) is 0 Å². The lowest BCUT2D eigenvalue weighted by atomic mass is 10.2. The summed E-state index contributed by atoms with van der Waals surface area (Å²) in [6.07, 6.45) is 1.78. The van der Waals surface area contributed by atoms with E-state index in [9.17, 15) is 0 Å². The van der Waals surface area contributed by atoms with Crippen LogP contribution in [0.1, 0.15) is 11.3 Å². The smallest absolute Gasteiger partial charge is 0.0592 e. The Bertz CT molecular complexity index is 197. The van der Waals surface area contributed by atoms with Gasteiger partial charge < -0.3 is 5.32 Å². The lowest BCUT2D eigenvalue weighted by molar-refractivity contribution is 0.757. The van der Waals surface area contributed by atoms with Gasteiger partial charge in [0.05, 0.1) is 5.69 Å². The molecule has 45 valence electrons. The summed E-state index contributed by atoms with van der Waals surface area (Å²) in [5.41, 5.74) is 2.37. The molecule has 9 heavy (non-hydrogen) atoms. The third-order valence-corrected chi connectivity index (χ3v) is 1.51. The SMILES string of the molecule is [c]1ccnc2c1CNC2. The van der Waals surface area contributed by atoms with Crippen molar-refractivity contribution in [3.63, 3.8) is 0 Å².